The number of rotatable bonds is 3. The Bertz CT molecular complexity index is 596. The highest BCUT2D eigenvalue weighted by Gasteiger charge is 2.16. The minimum atomic E-state index is -4.01. The summed E-state index contributed by atoms with van der Waals surface area (Å²) < 4.78 is 26.9. The maximum absolute atomic E-state index is 11.4. The predicted octanol–water partition coefficient (Wildman–Crippen LogP) is 1.36. The number of halogens is 1. The van der Waals surface area contributed by atoms with Crippen LogP contribution in [0.25, 0.3) is 0 Å². The fourth-order valence-corrected chi connectivity index (χ4v) is 2.05. The number of anilines is 1. The van der Waals surface area contributed by atoms with Crippen LogP contribution >= 0.6 is 10.7 Å². The number of carbonyl (C=O) groups excluding carboxylic acids is 2. The van der Waals surface area contributed by atoms with Crippen LogP contribution in [-0.4, -0.2) is 27.4 Å². The second kappa shape index (κ2) is 5.36. The van der Waals surface area contributed by atoms with E-state index in [1.54, 1.807) is 0 Å². The molecule has 0 saturated heterocycles. The first-order chi connectivity index (χ1) is 8.24. The summed E-state index contributed by atoms with van der Waals surface area (Å²) in [5, 5.41) is 2.37. The van der Waals surface area contributed by atoms with Crippen molar-refractivity contribution in [3.8, 4) is 0 Å². The van der Waals surface area contributed by atoms with Gasteiger partial charge >= 0.3 is 5.97 Å². The summed E-state index contributed by atoms with van der Waals surface area (Å²) in [6, 6.07) is 3.51. The van der Waals surface area contributed by atoms with Crippen LogP contribution < -0.4 is 5.32 Å². The summed E-state index contributed by atoms with van der Waals surface area (Å²) in [4.78, 5) is 22.0. The van der Waals surface area contributed by atoms with Crippen LogP contribution in [0, 0.1) is 0 Å². The summed E-state index contributed by atoms with van der Waals surface area (Å²) in [5.74, 6) is -1.14. The topological polar surface area (TPSA) is 89.5 Å². The van der Waals surface area contributed by atoms with Gasteiger partial charge in [-0.15, -0.1) is 0 Å². The van der Waals surface area contributed by atoms with Gasteiger partial charge in [-0.05, 0) is 18.2 Å². The van der Waals surface area contributed by atoms with E-state index < -0.39 is 20.9 Å². The van der Waals surface area contributed by atoms with Gasteiger partial charge in [-0.2, -0.15) is 0 Å². The van der Waals surface area contributed by atoms with Crippen molar-refractivity contribution in [3.05, 3.63) is 23.8 Å². The van der Waals surface area contributed by atoms with Crippen molar-refractivity contribution in [2.75, 3.05) is 12.4 Å². The Labute approximate surface area is 108 Å². The van der Waals surface area contributed by atoms with Crippen molar-refractivity contribution in [3.63, 3.8) is 0 Å². The lowest BCUT2D eigenvalue weighted by atomic mass is 10.2. The Morgan fingerprint density at radius 2 is 1.89 bits per heavy atom. The molecule has 0 heterocycles. The zero-order valence-corrected chi connectivity index (χ0v) is 11.1. The summed E-state index contributed by atoms with van der Waals surface area (Å²) >= 11 is 0. The van der Waals surface area contributed by atoms with E-state index in [4.69, 9.17) is 10.7 Å². The van der Waals surface area contributed by atoms with Crippen LogP contribution in [-0.2, 0) is 18.6 Å². The molecule has 0 bridgehead atoms. The van der Waals surface area contributed by atoms with E-state index in [2.05, 4.69) is 10.1 Å². The monoisotopic (exact) mass is 291 g/mol. The number of benzene rings is 1. The number of nitrogens with one attached hydrogen (secondary N) is 1. The number of ether oxygens (including phenoxy) is 1. The molecule has 0 atom stereocenters. The van der Waals surface area contributed by atoms with Gasteiger partial charge in [-0.25, -0.2) is 13.2 Å². The number of methoxy groups -OCH3 is 1. The molecule has 98 valence electrons. The van der Waals surface area contributed by atoms with Crippen molar-refractivity contribution in [2.24, 2.45) is 0 Å². The number of hydrogen-bond acceptors (Lipinski definition) is 5. The van der Waals surface area contributed by atoms with Gasteiger partial charge in [-0.3, -0.25) is 4.79 Å². The molecule has 0 saturated carbocycles. The minimum absolute atomic E-state index is 0.0250. The van der Waals surface area contributed by atoms with E-state index in [1.807, 2.05) is 0 Å². The molecule has 1 N–H and O–H groups in total. The molecule has 0 unspecified atom stereocenters. The van der Waals surface area contributed by atoms with Crippen LogP contribution in [0.15, 0.2) is 23.1 Å². The molecule has 0 aliphatic carbocycles. The van der Waals surface area contributed by atoms with Crippen LogP contribution in [0.1, 0.15) is 17.3 Å². The van der Waals surface area contributed by atoms with Crippen LogP contribution in [0.2, 0.25) is 0 Å². The van der Waals surface area contributed by atoms with Gasteiger partial charge in [0.05, 0.1) is 17.6 Å². The largest absolute Gasteiger partial charge is 0.465 e. The first kappa shape index (κ1) is 14.5. The second-order valence-corrected chi connectivity index (χ2v) is 5.92. The Balaban J connectivity index is 3.38. The van der Waals surface area contributed by atoms with Gasteiger partial charge in [0.25, 0.3) is 9.05 Å². The molecular weight excluding hydrogens is 282 g/mol. The van der Waals surface area contributed by atoms with Gasteiger partial charge in [0.2, 0.25) is 5.91 Å². The molecule has 0 aromatic heterocycles. The molecule has 1 aromatic carbocycles. The zero-order valence-electron chi connectivity index (χ0n) is 9.56. The molecule has 0 aliphatic heterocycles. The van der Waals surface area contributed by atoms with E-state index in [9.17, 15) is 18.0 Å². The third-order valence-electron chi connectivity index (χ3n) is 1.93. The third kappa shape index (κ3) is 3.71. The molecular formula is C10H10ClNO5S. The quantitative estimate of drug-likeness (QED) is 0.671. The summed E-state index contributed by atoms with van der Waals surface area (Å²) in [7, 11) is 2.34. The molecule has 18 heavy (non-hydrogen) atoms. The standard InChI is InChI=1S/C10H10ClNO5S/c1-6(13)12-8-3-7(10(14)17-2)4-9(5-8)18(11,15)16/h3-5H,1-2H3,(H,12,13). The van der Waals surface area contributed by atoms with E-state index in [1.165, 1.54) is 13.0 Å². The van der Waals surface area contributed by atoms with Gasteiger partial charge in [-0.1, -0.05) is 0 Å². The number of amides is 1. The summed E-state index contributed by atoms with van der Waals surface area (Å²) in [5.41, 5.74) is 0.118. The molecule has 0 fully saturated rings. The van der Waals surface area contributed by atoms with Crippen molar-refractivity contribution in [1.82, 2.24) is 0 Å². The fourth-order valence-electron chi connectivity index (χ4n) is 1.25. The highest BCUT2D eigenvalue weighted by Crippen LogP contribution is 2.22. The van der Waals surface area contributed by atoms with Gasteiger partial charge < -0.3 is 10.1 Å². The average molecular weight is 292 g/mol. The fraction of sp³-hybridized carbons (Fsp3) is 0.200. The van der Waals surface area contributed by atoms with E-state index in [0.717, 1.165) is 19.2 Å². The lowest BCUT2D eigenvalue weighted by Gasteiger charge is -2.07. The van der Waals surface area contributed by atoms with E-state index in [-0.39, 0.29) is 16.1 Å². The Morgan fingerprint density at radius 1 is 1.28 bits per heavy atom. The molecule has 6 nitrogen and oxygen atoms in total. The zero-order chi connectivity index (χ0) is 13.9. The van der Waals surface area contributed by atoms with Gasteiger partial charge in [0, 0.05) is 23.3 Å². The predicted molar refractivity (Wildman–Crippen MR) is 65.1 cm³/mol. The van der Waals surface area contributed by atoms with Crippen molar-refractivity contribution >= 4 is 37.3 Å². The smallest absolute Gasteiger partial charge is 0.337 e. The molecule has 8 heteroatoms. The first-order valence-corrected chi connectivity index (χ1v) is 7.00. The Kier molecular flexibility index (Phi) is 4.31. The lowest BCUT2D eigenvalue weighted by Crippen LogP contribution is -2.09. The number of carbonyl (C=O) groups is 2. The van der Waals surface area contributed by atoms with E-state index >= 15 is 0 Å². The molecule has 1 rings (SSSR count). The molecule has 1 aromatic rings. The Hall–Kier alpha value is -1.60. The van der Waals surface area contributed by atoms with Gasteiger partial charge in [0.1, 0.15) is 0 Å². The molecule has 0 spiro atoms. The van der Waals surface area contributed by atoms with Crippen LogP contribution in [0.5, 0.6) is 0 Å². The highest BCUT2D eigenvalue weighted by molar-refractivity contribution is 8.13. The summed E-state index contributed by atoms with van der Waals surface area (Å²) in [6.45, 7) is 1.25. The second-order valence-electron chi connectivity index (χ2n) is 3.36. The van der Waals surface area contributed by atoms with Crippen LogP contribution in [0.3, 0.4) is 0 Å². The van der Waals surface area contributed by atoms with E-state index in [0.29, 0.717) is 0 Å². The number of hydrogen-bond donors (Lipinski definition) is 1. The lowest BCUT2D eigenvalue weighted by molar-refractivity contribution is -0.114. The van der Waals surface area contributed by atoms with Crippen molar-refractivity contribution < 1.29 is 22.7 Å². The average Bonchev–Trinajstić information content (AvgIpc) is 2.25. The molecule has 0 aliphatic rings. The third-order valence-corrected chi connectivity index (χ3v) is 3.26. The normalized spacial score (nSPS) is 10.8. The molecule has 1 amide bonds. The van der Waals surface area contributed by atoms with Gasteiger partial charge in [0.15, 0.2) is 0 Å². The maximum Gasteiger partial charge on any atom is 0.337 e. The Morgan fingerprint density at radius 3 is 2.33 bits per heavy atom. The minimum Gasteiger partial charge on any atom is -0.465 e. The highest BCUT2D eigenvalue weighted by atomic mass is 35.7. The first-order valence-electron chi connectivity index (χ1n) is 4.69. The number of esters is 1. The maximum atomic E-state index is 11.4. The summed E-state index contributed by atoms with van der Waals surface area (Å²) in [6.07, 6.45) is 0. The molecule has 0 radical (unpaired) electrons. The van der Waals surface area contributed by atoms with Crippen molar-refractivity contribution in [2.45, 2.75) is 11.8 Å². The van der Waals surface area contributed by atoms with Crippen molar-refractivity contribution in [1.29, 1.82) is 0 Å². The van der Waals surface area contributed by atoms with Crippen LogP contribution in [0.4, 0.5) is 5.69 Å². The SMILES string of the molecule is COC(=O)c1cc(NC(C)=O)cc(S(=O)(=O)Cl)c1.